The first-order chi connectivity index (χ1) is 21.7. The lowest BCUT2D eigenvalue weighted by molar-refractivity contribution is 1.17. The summed E-state index contributed by atoms with van der Waals surface area (Å²) in [5.74, 6) is 0. The van der Waals surface area contributed by atoms with Crippen LogP contribution in [-0.2, 0) is 0 Å². The van der Waals surface area contributed by atoms with E-state index in [2.05, 4.69) is 116 Å². The van der Waals surface area contributed by atoms with E-state index >= 15 is 0 Å². The van der Waals surface area contributed by atoms with Crippen molar-refractivity contribution in [1.29, 1.82) is 0 Å². The molecule has 0 amide bonds. The number of benzene rings is 7. The van der Waals surface area contributed by atoms with Crippen molar-refractivity contribution in [3.05, 3.63) is 168 Å². The molecule has 0 N–H and O–H groups in total. The van der Waals surface area contributed by atoms with Gasteiger partial charge in [-0.25, -0.2) is 9.69 Å². The average molecular weight is 561 g/mol. The summed E-state index contributed by atoms with van der Waals surface area (Å²) in [5.41, 5.74) is 9.89. The Balaban J connectivity index is 1.27. The minimum absolute atomic E-state index is 0.624. The van der Waals surface area contributed by atoms with E-state index < -0.39 is 0 Å². The highest BCUT2D eigenvalue weighted by atomic mass is 15.1. The molecule has 0 saturated heterocycles. The molecular weight excluding hydrogens is 536 g/mol. The number of hydrogen-bond acceptors (Lipinski definition) is 1. The molecule has 0 radical (unpaired) electrons. The maximum Gasteiger partial charge on any atom is 0.195 e. The van der Waals surface area contributed by atoms with Gasteiger partial charge in [0.1, 0.15) is 0 Å². The fourth-order valence-electron chi connectivity index (χ4n) is 6.41. The molecule has 1 heterocycles. The topological polar surface area (TPSA) is 16.9 Å². The lowest BCUT2D eigenvalue weighted by Gasteiger charge is -2.26. The van der Waals surface area contributed by atoms with Crippen molar-refractivity contribution >= 4 is 61.0 Å². The Morgan fingerprint density at radius 1 is 0.432 bits per heavy atom. The molecule has 204 valence electrons. The van der Waals surface area contributed by atoms with Crippen molar-refractivity contribution in [3.8, 4) is 16.8 Å². The second kappa shape index (κ2) is 10.2. The third-order valence-corrected chi connectivity index (χ3v) is 8.40. The zero-order chi connectivity index (χ0) is 29.6. The fraction of sp³-hybridized carbons (Fsp3) is 0. The van der Waals surface area contributed by atoms with Crippen LogP contribution in [0.3, 0.4) is 0 Å². The Labute approximate surface area is 255 Å². The summed E-state index contributed by atoms with van der Waals surface area (Å²) in [7, 11) is 0. The Hall–Kier alpha value is -6.36. The minimum atomic E-state index is 0.624. The van der Waals surface area contributed by atoms with Gasteiger partial charge in [0.15, 0.2) is 11.4 Å². The predicted octanol–water partition coefficient (Wildman–Crippen LogP) is 11.6. The molecule has 8 rings (SSSR count). The molecule has 8 aromatic rings. The summed E-state index contributed by atoms with van der Waals surface area (Å²) in [6, 6.07) is 50.0. The van der Waals surface area contributed by atoms with Gasteiger partial charge in [0.25, 0.3) is 0 Å². The van der Waals surface area contributed by atoms with Crippen molar-refractivity contribution in [1.82, 2.24) is 4.57 Å². The van der Waals surface area contributed by atoms with E-state index in [4.69, 9.17) is 13.1 Å². The van der Waals surface area contributed by atoms with Crippen LogP contribution >= 0.6 is 0 Å². The number of aromatic nitrogens is 1. The molecule has 44 heavy (non-hydrogen) atoms. The highest BCUT2D eigenvalue weighted by Crippen LogP contribution is 2.45. The van der Waals surface area contributed by atoms with Crippen LogP contribution in [0.25, 0.3) is 59.1 Å². The van der Waals surface area contributed by atoms with E-state index in [1.54, 1.807) is 0 Å². The molecule has 0 aliphatic heterocycles. The first-order valence-corrected chi connectivity index (χ1v) is 14.4. The molecule has 0 spiro atoms. The Morgan fingerprint density at radius 3 is 1.41 bits per heavy atom. The molecule has 0 aliphatic carbocycles. The SMILES string of the molecule is [C-]#[N+]c1ccc2c3c1ccc1c([N+]#[C-])ccc(c13)n2-c1ccc(N(c2ccccc2)c2ccc(-c3ccccc3)cc2)cc1. The number of nitrogens with zero attached hydrogens (tertiary/aromatic N) is 4. The number of rotatable bonds is 5. The van der Waals surface area contributed by atoms with Gasteiger partial charge < -0.3 is 9.47 Å². The van der Waals surface area contributed by atoms with Gasteiger partial charge in [-0.15, -0.1) is 0 Å². The lowest BCUT2D eigenvalue weighted by Crippen LogP contribution is -2.10. The molecule has 0 fully saturated rings. The minimum Gasteiger partial charge on any atom is -0.311 e. The smallest absolute Gasteiger partial charge is 0.195 e. The van der Waals surface area contributed by atoms with Crippen LogP contribution in [-0.4, -0.2) is 4.57 Å². The van der Waals surface area contributed by atoms with Crippen LogP contribution in [0.4, 0.5) is 28.4 Å². The second-order valence-electron chi connectivity index (χ2n) is 10.8. The first kappa shape index (κ1) is 25.4. The van der Waals surface area contributed by atoms with Crippen LogP contribution in [0.2, 0.25) is 0 Å². The average Bonchev–Trinajstić information content (AvgIpc) is 3.44. The van der Waals surface area contributed by atoms with Gasteiger partial charge in [-0.3, -0.25) is 0 Å². The Morgan fingerprint density at radius 2 is 0.886 bits per heavy atom. The number of hydrogen-bond donors (Lipinski definition) is 0. The third-order valence-electron chi connectivity index (χ3n) is 8.40. The molecule has 4 heteroatoms. The fourth-order valence-corrected chi connectivity index (χ4v) is 6.41. The van der Waals surface area contributed by atoms with E-state index in [1.807, 2.05) is 48.5 Å². The predicted molar refractivity (Wildman–Crippen MR) is 182 cm³/mol. The van der Waals surface area contributed by atoms with Crippen molar-refractivity contribution < 1.29 is 0 Å². The summed E-state index contributed by atoms with van der Waals surface area (Å²) >= 11 is 0. The highest BCUT2D eigenvalue weighted by molar-refractivity contribution is 6.28. The maximum atomic E-state index is 7.73. The first-order valence-electron chi connectivity index (χ1n) is 14.4. The summed E-state index contributed by atoms with van der Waals surface area (Å²) < 4.78 is 2.25. The zero-order valence-electron chi connectivity index (χ0n) is 23.6. The molecule has 0 saturated carbocycles. The molecule has 0 unspecified atom stereocenters. The standard InChI is InChI=1S/C40H24N4/c1-41-35-23-25-37-39-33(35)21-22-34-36(42-2)24-26-38(40(34)39)44(37)32-19-17-31(18-20-32)43(29-11-7-4-8-12-29)30-15-13-28(14-16-30)27-9-5-3-6-10-27/h3-26H. The van der Waals surface area contributed by atoms with Crippen LogP contribution < -0.4 is 4.90 Å². The van der Waals surface area contributed by atoms with E-state index in [0.29, 0.717) is 11.4 Å². The van der Waals surface area contributed by atoms with Gasteiger partial charge in [-0.1, -0.05) is 84.9 Å². The molecule has 1 aromatic heterocycles. The Kier molecular flexibility index (Phi) is 5.86. The van der Waals surface area contributed by atoms with Crippen molar-refractivity contribution in [2.75, 3.05) is 4.90 Å². The van der Waals surface area contributed by atoms with E-state index in [-0.39, 0.29) is 0 Å². The highest BCUT2D eigenvalue weighted by Gasteiger charge is 2.20. The molecule has 0 atom stereocenters. The summed E-state index contributed by atoms with van der Waals surface area (Å²) in [4.78, 5) is 9.84. The van der Waals surface area contributed by atoms with Crippen LogP contribution in [0, 0.1) is 13.1 Å². The molecule has 4 nitrogen and oxygen atoms in total. The molecule has 0 aliphatic rings. The van der Waals surface area contributed by atoms with Gasteiger partial charge >= 0.3 is 0 Å². The summed E-state index contributed by atoms with van der Waals surface area (Å²) in [6.45, 7) is 15.5. The summed E-state index contributed by atoms with van der Waals surface area (Å²) in [6.07, 6.45) is 0. The molecule has 7 aromatic carbocycles. The van der Waals surface area contributed by atoms with Crippen molar-refractivity contribution in [3.63, 3.8) is 0 Å². The number of para-hydroxylation sites is 1. The van der Waals surface area contributed by atoms with E-state index in [0.717, 1.165) is 55.3 Å². The van der Waals surface area contributed by atoms with Gasteiger partial charge in [0.05, 0.1) is 24.2 Å². The van der Waals surface area contributed by atoms with Crippen molar-refractivity contribution in [2.24, 2.45) is 0 Å². The third kappa shape index (κ3) is 3.91. The molecule has 0 bridgehead atoms. The lowest BCUT2D eigenvalue weighted by atomic mass is 10.00. The number of anilines is 3. The van der Waals surface area contributed by atoms with Gasteiger partial charge in [0.2, 0.25) is 0 Å². The largest absolute Gasteiger partial charge is 0.311 e. The summed E-state index contributed by atoms with van der Waals surface area (Å²) in [5, 5.41) is 3.90. The van der Waals surface area contributed by atoms with Crippen LogP contribution in [0.5, 0.6) is 0 Å². The maximum absolute atomic E-state index is 7.73. The monoisotopic (exact) mass is 560 g/mol. The van der Waals surface area contributed by atoms with E-state index in [9.17, 15) is 0 Å². The normalized spacial score (nSPS) is 11.1. The van der Waals surface area contributed by atoms with Crippen molar-refractivity contribution in [2.45, 2.75) is 0 Å². The van der Waals surface area contributed by atoms with Gasteiger partial charge in [-0.05, 0) is 82.6 Å². The quantitative estimate of drug-likeness (QED) is 0.151. The van der Waals surface area contributed by atoms with Crippen LogP contribution in [0.1, 0.15) is 0 Å². The van der Waals surface area contributed by atoms with Gasteiger partial charge in [-0.2, -0.15) is 0 Å². The Bertz CT molecular complexity index is 2290. The van der Waals surface area contributed by atoms with Crippen LogP contribution in [0.15, 0.2) is 146 Å². The second-order valence-corrected chi connectivity index (χ2v) is 10.8. The molecular formula is C40H24N4. The zero-order valence-corrected chi connectivity index (χ0v) is 23.6. The van der Waals surface area contributed by atoms with E-state index in [1.165, 1.54) is 11.1 Å². The van der Waals surface area contributed by atoms with Gasteiger partial charge in [0, 0.05) is 33.5 Å².